The average Bonchev–Trinajstić information content (AvgIpc) is 3.40. The van der Waals surface area contributed by atoms with Crippen molar-refractivity contribution in [2.45, 2.75) is 164 Å². The van der Waals surface area contributed by atoms with Crippen LogP contribution in [0.2, 0.25) is 0 Å². The molecule has 0 spiro atoms. The molecular formula is C38H58O9. The maximum absolute atomic E-state index is 12.7. The fourth-order valence-electron chi connectivity index (χ4n) is 12.0. The van der Waals surface area contributed by atoms with Gasteiger partial charge in [0, 0.05) is 44.9 Å². The van der Waals surface area contributed by atoms with Crippen molar-refractivity contribution in [2.75, 3.05) is 0 Å². The van der Waals surface area contributed by atoms with E-state index in [1.165, 1.54) is 33.3 Å². The molecule has 9 nitrogen and oxygen atoms in total. The minimum atomic E-state index is -0.801. The van der Waals surface area contributed by atoms with E-state index in [-0.39, 0.29) is 82.3 Å². The van der Waals surface area contributed by atoms with Crippen LogP contribution in [0.15, 0.2) is 11.6 Å². The molecule has 0 aromatic rings. The van der Waals surface area contributed by atoms with Crippen LogP contribution in [0.5, 0.6) is 0 Å². The maximum Gasteiger partial charge on any atom is 0.303 e. The molecule has 0 amide bonds. The molecule has 0 radical (unpaired) electrons. The standard InChI is InChI=1S/C38H58O9/c1-21(39)43-27-19-26-25(35(9)16-14-29(45-23(3)41)33(5,6)31(27)35)13-17-36(10)32(28(44-22(2)40)20-37(26,36)11)38(12)18-15-30(47-38)34(7,8)46-24(4)42/h13,26-32H,14-20H2,1-12H3/t26?,27-,28-,29-,30+,31?,32-,35+,36+,37-,38-/m0/s1. The molecule has 264 valence electrons. The van der Waals surface area contributed by atoms with Gasteiger partial charge in [0.1, 0.15) is 23.9 Å². The van der Waals surface area contributed by atoms with Crippen LogP contribution in [0.3, 0.4) is 0 Å². The van der Waals surface area contributed by atoms with Crippen molar-refractivity contribution < 1.29 is 42.9 Å². The smallest absolute Gasteiger partial charge is 0.303 e. The minimum absolute atomic E-state index is 0.0473. The second-order valence-corrected chi connectivity index (χ2v) is 17.5. The lowest BCUT2D eigenvalue weighted by Crippen LogP contribution is -2.63. The lowest BCUT2D eigenvalue weighted by molar-refractivity contribution is -0.205. The van der Waals surface area contributed by atoms with Gasteiger partial charge in [-0.25, -0.2) is 0 Å². The fraction of sp³-hybridized carbons (Fsp3) is 0.842. The number of fused-ring (bicyclic) bond motifs is 5. The van der Waals surface area contributed by atoms with Crippen LogP contribution in [0.4, 0.5) is 0 Å². The van der Waals surface area contributed by atoms with Gasteiger partial charge in [-0.3, -0.25) is 19.2 Å². The molecule has 2 unspecified atom stereocenters. The van der Waals surface area contributed by atoms with Crippen LogP contribution in [-0.4, -0.2) is 59.5 Å². The van der Waals surface area contributed by atoms with Crippen LogP contribution < -0.4 is 0 Å². The zero-order chi connectivity index (χ0) is 35.1. The normalized spacial score (nSPS) is 43.8. The van der Waals surface area contributed by atoms with Crippen LogP contribution in [-0.2, 0) is 42.9 Å². The molecule has 0 aromatic carbocycles. The van der Waals surface area contributed by atoms with Crippen LogP contribution >= 0.6 is 0 Å². The van der Waals surface area contributed by atoms with Gasteiger partial charge in [-0.1, -0.05) is 46.3 Å². The average molecular weight is 659 g/mol. The SMILES string of the molecule is CC(=O)O[C@H]1CC2C(=CC[C@]3(C)[C@@H]([C@]4(C)CC[C@H](C(C)(C)OC(C)=O)O4)[C@@H](OC(C)=O)C[C@@]23C)[C@@]2(C)CC[C@H](OC(C)=O)C(C)(C)C12. The van der Waals surface area contributed by atoms with E-state index in [0.717, 1.165) is 32.1 Å². The van der Waals surface area contributed by atoms with Crippen molar-refractivity contribution in [1.82, 2.24) is 0 Å². The van der Waals surface area contributed by atoms with Gasteiger partial charge < -0.3 is 23.7 Å². The zero-order valence-electron chi connectivity index (χ0n) is 30.7. The van der Waals surface area contributed by atoms with E-state index in [0.29, 0.717) is 12.8 Å². The van der Waals surface area contributed by atoms with Gasteiger partial charge in [0.15, 0.2) is 0 Å². The number of hydrogen-bond acceptors (Lipinski definition) is 9. The number of carbonyl (C=O) groups excluding carboxylic acids is 4. The number of carbonyl (C=O) groups is 4. The Bertz CT molecular complexity index is 1350. The van der Waals surface area contributed by atoms with Gasteiger partial charge in [0.2, 0.25) is 0 Å². The molecule has 1 heterocycles. The summed E-state index contributed by atoms with van der Waals surface area (Å²) < 4.78 is 31.1. The molecule has 4 aliphatic carbocycles. The summed E-state index contributed by atoms with van der Waals surface area (Å²) in [4.78, 5) is 49.4. The van der Waals surface area contributed by atoms with E-state index >= 15 is 0 Å². The predicted octanol–water partition coefficient (Wildman–Crippen LogP) is 6.89. The predicted molar refractivity (Wildman–Crippen MR) is 175 cm³/mol. The van der Waals surface area contributed by atoms with Gasteiger partial charge in [-0.2, -0.15) is 0 Å². The topological polar surface area (TPSA) is 114 Å². The third-order valence-electron chi connectivity index (χ3n) is 13.7. The second-order valence-electron chi connectivity index (χ2n) is 17.5. The Morgan fingerprint density at radius 2 is 1.36 bits per heavy atom. The lowest BCUT2D eigenvalue weighted by Gasteiger charge is -2.65. The van der Waals surface area contributed by atoms with E-state index in [1.54, 1.807) is 0 Å². The molecule has 1 aliphatic heterocycles. The molecule has 4 fully saturated rings. The summed E-state index contributed by atoms with van der Waals surface area (Å²) in [7, 11) is 0. The first-order valence-electron chi connectivity index (χ1n) is 17.6. The van der Waals surface area contributed by atoms with Gasteiger partial charge in [-0.15, -0.1) is 0 Å². The summed E-state index contributed by atoms with van der Waals surface area (Å²) >= 11 is 0. The summed E-state index contributed by atoms with van der Waals surface area (Å²) in [5.74, 6) is -1.34. The molecule has 11 atom stereocenters. The number of allylic oxidation sites excluding steroid dienone is 2. The van der Waals surface area contributed by atoms with Gasteiger partial charge in [0.05, 0.1) is 11.7 Å². The molecule has 47 heavy (non-hydrogen) atoms. The first kappa shape index (κ1) is 35.9. The van der Waals surface area contributed by atoms with Crippen LogP contribution in [0.25, 0.3) is 0 Å². The third kappa shape index (κ3) is 5.64. The van der Waals surface area contributed by atoms with Gasteiger partial charge in [0.25, 0.3) is 0 Å². The molecule has 3 saturated carbocycles. The highest BCUT2D eigenvalue weighted by Gasteiger charge is 2.73. The van der Waals surface area contributed by atoms with Crippen molar-refractivity contribution in [2.24, 2.45) is 39.4 Å². The molecule has 0 N–H and O–H groups in total. The summed E-state index contributed by atoms with van der Waals surface area (Å²) in [6, 6.07) is 0. The summed E-state index contributed by atoms with van der Waals surface area (Å²) in [6.07, 6.45) is 6.27. The Labute approximate surface area is 281 Å². The van der Waals surface area contributed by atoms with Crippen molar-refractivity contribution >= 4 is 23.9 Å². The summed E-state index contributed by atoms with van der Waals surface area (Å²) in [5.41, 5.74) is -1.36. The van der Waals surface area contributed by atoms with Gasteiger partial charge >= 0.3 is 23.9 Å². The van der Waals surface area contributed by atoms with Crippen LogP contribution in [0.1, 0.15) is 128 Å². The number of hydrogen-bond donors (Lipinski definition) is 0. The third-order valence-corrected chi connectivity index (χ3v) is 13.7. The minimum Gasteiger partial charge on any atom is -0.462 e. The summed E-state index contributed by atoms with van der Waals surface area (Å²) in [5, 5.41) is 0. The Hall–Kier alpha value is -2.42. The molecule has 0 aromatic heterocycles. The van der Waals surface area contributed by atoms with Crippen molar-refractivity contribution in [3.63, 3.8) is 0 Å². The molecule has 5 aliphatic rings. The highest BCUT2D eigenvalue weighted by molar-refractivity contribution is 5.67. The molecular weight excluding hydrogens is 600 g/mol. The molecule has 5 rings (SSSR count). The fourth-order valence-corrected chi connectivity index (χ4v) is 12.0. The van der Waals surface area contributed by atoms with E-state index < -0.39 is 16.6 Å². The number of esters is 4. The highest BCUT2D eigenvalue weighted by Crippen LogP contribution is 2.74. The largest absolute Gasteiger partial charge is 0.462 e. The zero-order valence-corrected chi connectivity index (χ0v) is 30.7. The van der Waals surface area contributed by atoms with E-state index in [2.05, 4.69) is 47.6 Å². The first-order chi connectivity index (χ1) is 21.5. The Morgan fingerprint density at radius 1 is 0.766 bits per heavy atom. The van der Waals surface area contributed by atoms with Crippen molar-refractivity contribution in [3.8, 4) is 0 Å². The monoisotopic (exact) mass is 658 g/mol. The molecule has 0 bridgehead atoms. The maximum atomic E-state index is 12.7. The van der Waals surface area contributed by atoms with Crippen molar-refractivity contribution in [1.29, 1.82) is 0 Å². The van der Waals surface area contributed by atoms with Crippen LogP contribution in [0, 0.1) is 39.4 Å². The van der Waals surface area contributed by atoms with E-state index in [9.17, 15) is 19.2 Å². The lowest BCUT2D eigenvalue weighted by atomic mass is 9.40. The Balaban J connectivity index is 1.59. The molecule has 1 saturated heterocycles. The number of ether oxygens (including phenoxy) is 5. The summed E-state index contributed by atoms with van der Waals surface area (Å²) in [6.45, 7) is 23.1. The number of rotatable bonds is 6. The Morgan fingerprint density at radius 3 is 1.94 bits per heavy atom. The highest BCUT2D eigenvalue weighted by atomic mass is 16.6. The molecule has 9 heteroatoms. The quantitative estimate of drug-likeness (QED) is 0.171. The first-order valence-corrected chi connectivity index (χ1v) is 17.6. The Kier molecular flexibility index (Phi) is 8.84. The second kappa shape index (κ2) is 11.6. The van der Waals surface area contributed by atoms with Gasteiger partial charge in [-0.05, 0) is 87.9 Å². The van der Waals surface area contributed by atoms with E-state index in [4.69, 9.17) is 23.7 Å². The van der Waals surface area contributed by atoms with Crippen molar-refractivity contribution in [3.05, 3.63) is 11.6 Å². The van der Waals surface area contributed by atoms with E-state index in [1.807, 2.05) is 13.8 Å².